The highest BCUT2D eigenvalue weighted by atomic mass is 31.2. The van der Waals surface area contributed by atoms with E-state index in [1.165, 1.54) is 0 Å². The predicted octanol–water partition coefficient (Wildman–Crippen LogP) is 5.52. The maximum Gasteiger partial charge on any atom is 0.288 e. The summed E-state index contributed by atoms with van der Waals surface area (Å²) >= 11 is 0. The van der Waals surface area contributed by atoms with Crippen LogP contribution in [0.1, 0.15) is 20.3 Å². The zero-order valence-corrected chi connectivity index (χ0v) is 14.6. The van der Waals surface area contributed by atoms with Crippen molar-refractivity contribution in [3.63, 3.8) is 0 Å². The number of hydrogen-bond donors (Lipinski definition) is 0. The molecule has 1 heterocycles. The Kier molecular flexibility index (Phi) is 4.58. The number of anilines is 2. The molecule has 2 aromatic carbocycles. The maximum atomic E-state index is 14.2. The van der Waals surface area contributed by atoms with E-state index in [9.17, 15) is 4.57 Å². The summed E-state index contributed by atoms with van der Waals surface area (Å²) in [6.45, 7) is 5.61. The van der Waals surface area contributed by atoms with E-state index in [-0.39, 0.29) is 0 Å². The highest BCUT2D eigenvalue weighted by molar-refractivity contribution is 7.71. The summed E-state index contributed by atoms with van der Waals surface area (Å²) in [6, 6.07) is 20.2. The third kappa shape index (κ3) is 2.70. The highest BCUT2D eigenvalue weighted by Crippen LogP contribution is 2.66. The van der Waals surface area contributed by atoms with Gasteiger partial charge in [-0.3, -0.25) is 4.57 Å². The molecule has 1 saturated heterocycles. The number of nitrogens with zero attached hydrogens (tertiary/aromatic N) is 2. The Balaban J connectivity index is 2.11. The first kappa shape index (κ1) is 15.9. The number of benzene rings is 2. The van der Waals surface area contributed by atoms with Gasteiger partial charge in [0.1, 0.15) is 0 Å². The van der Waals surface area contributed by atoms with Crippen molar-refractivity contribution < 1.29 is 4.57 Å². The summed E-state index contributed by atoms with van der Waals surface area (Å²) < 4.78 is 18.4. The Hall–Kier alpha value is -1.99. The van der Waals surface area contributed by atoms with Crippen LogP contribution in [0.25, 0.3) is 0 Å². The smallest absolute Gasteiger partial charge is 0.288 e. The fourth-order valence-electron chi connectivity index (χ4n) is 3.25. The zero-order valence-electron chi connectivity index (χ0n) is 13.7. The molecule has 4 heteroatoms. The predicted molar refractivity (Wildman–Crippen MR) is 99.2 cm³/mol. The van der Waals surface area contributed by atoms with Crippen LogP contribution in [0.3, 0.4) is 0 Å². The van der Waals surface area contributed by atoms with E-state index in [0.717, 1.165) is 36.2 Å². The van der Waals surface area contributed by atoms with E-state index >= 15 is 0 Å². The Morgan fingerprint density at radius 2 is 1.39 bits per heavy atom. The largest absolute Gasteiger partial charge is 0.302 e. The Morgan fingerprint density at radius 3 is 1.74 bits per heavy atom. The minimum Gasteiger partial charge on any atom is -0.302 e. The third-order valence-corrected chi connectivity index (χ3v) is 7.85. The van der Waals surface area contributed by atoms with Gasteiger partial charge in [0.2, 0.25) is 0 Å². The van der Waals surface area contributed by atoms with Crippen molar-refractivity contribution in [3.05, 3.63) is 72.1 Å². The molecule has 0 bridgehead atoms. The van der Waals surface area contributed by atoms with Crippen LogP contribution in [0.5, 0.6) is 0 Å². The van der Waals surface area contributed by atoms with E-state index in [1.807, 2.05) is 73.7 Å². The van der Waals surface area contributed by atoms with Gasteiger partial charge < -0.3 is 9.34 Å². The van der Waals surface area contributed by atoms with Crippen molar-refractivity contribution in [2.45, 2.75) is 20.3 Å². The quantitative estimate of drug-likeness (QED) is 0.691. The van der Waals surface area contributed by atoms with Crippen LogP contribution in [-0.2, 0) is 4.57 Å². The zero-order chi connectivity index (χ0) is 16.3. The van der Waals surface area contributed by atoms with Gasteiger partial charge in [0.05, 0.1) is 0 Å². The van der Waals surface area contributed by atoms with Crippen molar-refractivity contribution in [1.29, 1.82) is 0 Å². The van der Waals surface area contributed by atoms with E-state index in [0.29, 0.717) is 0 Å². The van der Waals surface area contributed by atoms with E-state index < -0.39 is 7.44 Å². The van der Waals surface area contributed by atoms with Gasteiger partial charge >= 0.3 is 0 Å². The Morgan fingerprint density at radius 1 is 0.957 bits per heavy atom. The molecular weight excluding hydrogens is 303 g/mol. The van der Waals surface area contributed by atoms with Gasteiger partial charge in [0, 0.05) is 29.8 Å². The van der Waals surface area contributed by atoms with E-state index in [1.54, 1.807) is 0 Å². The molecule has 1 fully saturated rings. The van der Waals surface area contributed by atoms with Crippen molar-refractivity contribution in [1.82, 2.24) is 0 Å². The van der Waals surface area contributed by atoms with Crippen LogP contribution >= 0.6 is 7.44 Å². The second-order valence-electron chi connectivity index (χ2n) is 5.59. The van der Waals surface area contributed by atoms with E-state index in [2.05, 4.69) is 16.3 Å². The summed E-state index contributed by atoms with van der Waals surface area (Å²) in [7, 11) is -2.82. The fraction of sp³-hybridized carbons (Fsp3) is 0.263. The number of para-hydroxylation sites is 2. The first-order valence-electron chi connectivity index (χ1n) is 8.13. The van der Waals surface area contributed by atoms with Crippen molar-refractivity contribution in [2.24, 2.45) is 0 Å². The molecule has 0 atom stereocenters. The topological polar surface area (TPSA) is 23.6 Å². The molecule has 23 heavy (non-hydrogen) atoms. The van der Waals surface area contributed by atoms with Crippen LogP contribution < -0.4 is 9.34 Å². The minimum absolute atomic E-state index is 0.771. The van der Waals surface area contributed by atoms with Gasteiger partial charge in [-0.15, -0.1) is 0 Å². The molecule has 3 rings (SSSR count). The Labute approximate surface area is 138 Å². The van der Waals surface area contributed by atoms with Gasteiger partial charge in [0.15, 0.2) is 0 Å². The van der Waals surface area contributed by atoms with Gasteiger partial charge in [0.25, 0.3) is 7.44 Å². The molecule has 0 amide bonds. The summed E-state index contributed by atoms with van der Waals surface area (Å²) in [5, 5.41) is 1.02. The lowest BCUT2D eigenvalue weighted by molar-refractivity contribution is 0.578. The van der Waals surface area contributed by atoms with Crippen LogP contribution in [0.2, 0.25) is 0 Å². The van der Waals surface area contributed by atoms with Gasteiger partial charge in [-0.05, 0) is 37.6 Å². The third-order valence-electron chi connectivity index (χ3n) is 4.36. The van der Waals surface area contributed by atoms with Crippen LogP contribution in [-0.4, -0.2) is 13.1 Å². The summed E-state index contributed by atoms with van der Waals surface area (Å²) in [5.41, 5.74) is 2.06. The van der Waals surface area contributed by atoms with Crippen molar-refractivity contribution in [2.75, 3.05) is 22.4 Å². The molecule has 0 radical (unpaired) electrons. The summed E-state index contributed by atoms with van der Waals surface area (Å²) in [4.78, 5) is 0. The number of rotatable bonds is 4. The minimum atomic E-state index is -2.82. The summed E-state index contributed by atoms with van der Waals surface area (Å²) in [5.74, 6) is 0. The molecule has 1 aliphatic heterocycles. The highest BCUT2D eigenvalue weighted by Gasteiger charge is 2.45. The normalized spacial score (nSPS) is 17.6. The molecule has 3 nitrogen and oxygen atoms in total. The molecule has 2 aromatic rings. The van der Waals surface area contributed by atoms with Gasteiger partial charge in [-0.2, -0.15) is 0 Å². The lowest BCUT2D eigenvalue weighted by Crippen LogP contribution is -2.20. The second-order valence-corrected chi connectivity index (χ2v) is 8.22. The summed E-state index contributed by atoms with van der Waals surface area (Å²) in [6.07, 6.45) is 2.82. The fourth-order valence-corrected chi connectivity index (χ4v) is 6.49. The molecule has 0 spiro atoms. The van der Waals surface area contributed by atoms with Crippen LogP contribution in [0.4, 0.5) is 11.4 Å². The second kappa shape index (κ2) is 6.64. The molecule has 0 aromatic heterocycles. The lowest BCUT2D eigenvalue weighted by Gasteiger charge is -2.34. The molecule has 1 aliphatic rings. The van der Waals surface area contributed by atoms with Crippen LogP contribution in [0.15, 0.2) is 72.1 Å². The maximum absolute atomic E-state index is 14.2. The van der Waals surface area contributed by atoms with Crippen molar-refractivity contribution >= 4 is 18.8 Å². The lowest BCUT2D eigenvalue weighted by atomic mass is 10.3. The van der Waals surface area contributed by atoms with Crippen LogP contribution in [0, 0.1) is 0 Å². The molecule has 0 saturated carbocycles. The SMILES string of the molecule is C/C=C(\CC)P1(=O)N(c2ccccc2)CCN1c1ccccc1. The number of hydrogen-bond acceptors (Lipinski definition) is 1. The molecular formula is C19H23N2OP. The molecule has 0 aliphatic carbocycles. The first-order valence-corrected chi connectivity index (χ1v) is 9.75. The molecule has 120 valence electrons. The molecule has 0 N–H and O–H groups in total. The van der Waals surface area contributed by atoms with Gasteiger partial charge in [-0.1, -0.05) is 49.4 Å². The monoisotopic (exact) mass is 326 g/mol. The molecule has 0 unspecified atom stereocenters. The average molecular weight is 326 g/mol. The Bertz CT molecular complexity index is 676. The first-order chi connectivity index (χ1) is 11.2. The number of allylic oxidation sites excluding steroid dienone is 2. The van der Waals surface area contributed by atoms with Gasteiger partial charge in [-0.25, -0.2) is 0 Å². The standard InChI is InChI=1S/C19H23N2OP/c1-3-19(4-2)23(22)20(17-11-7-5-8-12-17)15-16-21(23)18-13-9-6-10-14-18/h3,5-14H,4,15-16H2,1-2H3/b19-3+. The van der Waals surface area contributed by atoms with Crippen molar-refractivity contribution in [3.8, 4) is 0 Å². The van der Waals surface area contributed by atoms with E-state index in [4.69, 9.17) is 0 Å². The average Bonchev–Trinajstić information content (AvgIpc) is 2.95.